The van der Waals surface area contributed by atoms with Crippen molar-refractivity contribution in [3.8, 4) is 11.1 Å². The van der Waals surface area contributed by atoms with E-state index >= 15 is 0 Å². The molecule has 0 aromatic heterocycles. The molecule has 0 radical (unpaired) electrons. The Hall–Kier alpha value is -5.88. The Bertz CT molecular complexity index is 2160. The molecule has 6 aromatic rings. The standard InChI is InChI=1S/C37H18O6/c38-33-25-11-9-23(17-29(25)35(40)42-33)37(24-10-12-26-30(18-24)36(41)43-34(26)39)31-15-21-7-3-1-5-19(21)13-27(31)28-14-20-6-2-4-8-22(20)16-32(28)37/h1-18H. The van der Waals surface area contributed by atoms with Crippen LogP contribution in [0.25, 0.3) is 32.7 Å². The maximum absolute atomic E-state index is 12.8. The minimum atomic E-state index is -1.03. The van der Waals surface area contributed by atoms with E-state index in [1.807, 2.05) is 36.4 Å². The van der Waals surface area contributed by atoms with Gasteiger partial charge in [0.2, 0.25) is 0 Å². The lowest BCUT2D eigenvalue weighted by Crippen LogP contribution is -2.29. The molecule has 0 saturated heterocycles. The van der Waals surface area contributed by atoms with Crippen molar-refractivity contribution in [2.24, 2.45) is 0 Å². The van der Waals surface area contributed by atoms with Crippen molar-refractivity contribution in [2.75, 3.05) is 0 Å². The molecular formula is C37H18O6. The predicted octanol–water partition coefficient (Wildman–Crippen LogP) is 6.98. The molecule has 3 aliphatic rings. The van der Waals surface area contributed by atoms with Gasteiger partial charge in [-0.3, -0.25) is 0 Å². The number of esters is 4. The van der Waals surface area contributed by atoms with Crippen LogP contribution in [0, 0.1) is 0 Å². The van der Waals surface area contributed by atoms with Crippen LogP contribution in [-0.2, 0) is 14.9 Å². The van der Waals surface area contributed by atoms with Gasteiger partial charge in [0.15, 0.2) is 0 Å². The van der Waals surface area contributed by atoms with Crippen molar-refractivity contribution in [3.05, 3.63) is 154 Å². The number of hydrogen-bond donors (Lipinski definition) is 0. The zero-order valence-electron chi connectivity index (χ0n) is 22.3. The summed E-state index contributed by atoms with van der Waals surface area (Å²) in [6.07, 6.45) is 0. The van der Waals surface area contributed by atoms with Crippen molar-refractivity contribution in [1.82, 2.24) is 0 Å². The van der Waals surface area contributed by atoms with Gasteiger partial charge in [-0.1, -0.05) is 60.7 Å². The van der Waals surface area contributed by atoms with Gasteiger partial charge in [-0.25, -0.2) is 19.2 Å². The highest BCUT2D eigenvalue weighted by atomic mass is 16.6. The van der Waals surface area contributed by atoms with Crippen molar-refractivity contribution in [3.63, 3.8) is 0 Å². The lowest BCUT2D eigenvalue weighted by atomic mass is 9.66. The molecule has 0 spiro atoms. The summed E-state index contributed by atoms with van der Waals surface area (Å²) in [5.74, 6) is -2.75. The van der Waals surface area contributed by atoms with Crippen LogP contribution in [0.4, 0.5) is 0 Å². The summed E-state index contributed by atoms with van der Waals surface area (Å²) in [7, 11) is 0. The molecule has 9 rings (SSSR count). The van der Waals surface area contributed by atoms with Crippen molar-refractivity contribution in [1.29, 1.82) is 0 Å². The van der Waals surface area contributed by atoms with E-state index in [4.69, 9.17) is 9.47 Å². The summed E-state index contributed by atoms with van der Waals surface area (Å²) < 4.78 is 9.90. The molecule has 6 nitrogen and oxygen atoms in total. The Morgan fingerprint density at radius 3 is 1.16 bits per heavy atom. The Labute approximate surface area is 244 Å². The van der Waals surface area contributed by atoms with Crippen LogP contribution in [0.1, 0.15) is 63.7 Å². The van der Waals surface area contributed by atoms with Gasteiger partial charge in [0.05, 0.1) is 27.7 Å². The third-order valence-electron chi connectivity index (χ3n) is 9.03. The zero-order valence-corrected chi connectivity index (χ0v) is 22.3. The average molecular weight is 559 g/mol. The van der Waals surface area contributed by atoms with E-state index in [1.54, 1.807) is 24.3 Å². The highest BCUT2D eigenvalue weighted by Gasteiger charge is 2.48. The number of cyclic esters (lactones) is 4. The quantitative estimate of drug-likeness (QED) is 0.168. The summed E-state index contributed by atoms with van der Waals surface area (Å²) in [6.45, 7) is 0. The van der Waals surface area contributed by atoms with Crippen molar-refractivity contribution < 1.29 is 28.7 Å². The van der Waals surface area contributed by atoms with Crippen molar-refractivity contribution in [2.45, 2.75) is 5.41 Å². The maximum atomic E-state index is 12.8. The topological polar surface area (TPSA) is 86.7 Å². The van der Waals surface area contributed by atoms with E-state index < -0.39 is 29.3 Å². The predicted molar refractivity (Wildman–Crippen MR) is 158 cm³/mol. The first-order chi connectivity index (χ1) is 20.9. The zero-order chi connectivity index (χ0) is 29.0. The molecule has 0 N–H and O–H groups in total. The smallest absolute Gasteiger partial charge is 0.346 e. The van der Waals surface area contributed by atoms with Crippen LogP contribution in [0.5, 0.6) is 0 Å². The van der Waals surface area contributed by atoms with E-state index in [2.05, 4.69) is 48.5 Å². The number of hydrogen-bond acceptors (Lipinski definition) is 6. The highest BCUT2D eigenvalue weighted by Crippen LogP contribution is 2.58. The molecule has 6 heteroatoms. The molecule has 2 aliphatic heterocycles. The number of benzene rings is 6. The molecule has 1 aliphatic carbocycles. The fraction of sp³-hybridized carbons (Fsp3) is 0.0270. The third kappa shape index (κ3) is 3.01. The SMILES string of the molecule is O=C1OC(=O)c2cc(C3(c4ccc5c(c4)C(=O)OC5=O)c4cc5ccccc5cc4-c4cc5ccccc5cc43)ccc21. The molecule has 6 aromatic carbocycles. The van der Waals surface area contributed by atoms with Crippen LogP contribution >= 0.6 is 0 Å². The van der Waals surface area contributed by atoms with Gasteiger partial charge in [0.25, 0.3) is 0 Å². The van der Waals surface area contributed by atoms with Gasteiger partial charge >= 0.3 is 23.9 Å². The molecule has 202 valence electrons. The second-order valence-corrected chi connectivity index (χ2v) is 11.1. The Morgan fingerprint density at radius 1 is 0.372 bits per heavy atom. The Kier molecular flexibility index (Phi) is 4.49. The minimum absolute atomic E-state index is 0.189. The van der Waals surface area contributed by atoms with Crippen LogP contribution in [0.15, 0.2) is 109 Å². The summed E-state index contributed by atoms with van der Waals surface area (Å²) >= 11 is 0. The first kappa shape index (κ1) is 23.8. The summed E-state index contributed by atoms with van der Waals surface area (Å²) in [5, 5.41) is 4.19. The molecule has 0 fully saturated rings. The molecule has 0 amide bonds. The molecule has 43 heavy (non-hydrogen) atoms. The molecule has 2 heterocycles. The molecule has 0 atom stereocenters. The van der Waals surface area contributed by atoms with Gasteiger partial charge in [0.1, 0.15) is 0 Å². The molecular weight excluding hydrogens is 540 g/mol. The fourth-order valence-electron chi connectivity index (χ4n) is 7.12. The first-order valence-corrected chi connectivity index (χ1v) is 13.8. The van der Waals surface area contributed by atoms with Crippen LogP contribution in [-0.4, -0.2) is 23.9 Å². The second-order valence-electron chi connectivity index (χ2n) is 11.1. The fourth-order valence-corrected chi connectivity index (χ4v) is 7.12. The first-order valence-electron chi connectivity index (χ1n) is 13.8. The lowest BCUT2D eigenvalue weighted by molar-refractivity contribution is 0.0425. The molecule has 0 unspecified atom stereocenters. The monoisotopic (exact) mass is 558 g/mol. The van der Waals surface area contributed by atoms with Crippen molar-refractivity contribution >= 4 is 45.4 Å². The largest absolute Gasteiger partial charge is 0.386 e. The third-order valence-corrected chi connectivity index (χ3v) is 9.03. The molecule has 0 bridgehead atoms. The van der Waals surface area contributed by atoms with Gasteiger partial charge in [0, 0.05) is 0 Å². The second kappa shape index (κ2) is 8.11. The average Bonchev–Trinajstić information content (AvgIpc) is 3.59. The van der Waals surface area contributed by atoms with Gasteiger partial charge in [-0.05, 0) is 103 Å². The van der Waals surface area contributed by atoms with Crippen LogP contribution in [0.2, 0.25) is 0 Å². The van der Waals surface area contributed by atoms with Crippen LogP contribution < -0.4 is 0 Å². The van der Waals surface area contributed by atoms with E-state index in [0.29, 0.717) is 0 Å². The number of carbonyl (C=O) groups is 4. The Balaban J connectivity index is 1.48. The van der Waals surface area contributed by atoms with Gasteiger partial charge in [-0.2, -0.15) is 0 Å². The van der Waals surface area contributed by atoms with E-state index in [1.165, 1.54) is 0 Å². The maximum Gasteiger partial charge on any atom is 0.346 e. The number of carbonyl (C=O) groups excluding carboxylic acids is 4. The van der Waals surface area contributed by atoms with E-state index in [0.717, 1.165) is 54.9 Å². The molecule has 0 saturated carbocycles. The summed E-state index contributed by atoms with van der Waals surface area (Å²) in [4.78, 5) is 50.5. The minimum Gasteiger partial charge on any atom is -0.386 e. The van der Waals surface area contributed by atoms with E-state index in [-0.39, 0.29) is 22.3 Å². The lowest BCUT2D eigenvalue weighted by Gasteiger charge is -2.34. The highest BCUT2D eigenvalue weighted by molar-refractivity contribution is 6.16. The van der Waals surface area contributed by atoms with E-state index in [9.17, 15) is 19.2 Å². The van der Waals surface area contributed by atoms with Crippen LogP contribution in [0.3, 0.4) is 0 Å². The summed E-state index contributed by atoms with van der Waals surface area (Å²) in [6, 6.07) is 35.3. The van der Waals surface area contributed by atoms with Gasteiger partial charge in [-0.15, -0.1) is 0 Å². The number of rotatable bonds is 2. The Morgan fingerprint density at radius 2 is 0.744 bits per heavy atom. The van der Waals surface area contributed by atoms with Gasteiger partial charge < -0.3 is 9.47 Å². The summed E-state index contributed by atoms with van der Waals surface area (Å²) in [5.41, 5.74) is 5.14. The number of ether oxygens (including phenoxy) is 2. The number of fused-ring (bicyclic) bond motifs is 7. The normalized spacial score (nSPS) is 15.7.